The topological polar surface area (TPSA) is 90.7 Å². The van der Waals surface area contributed by atoms with E-state index in [4.69, 9.17) is 14.0 Å². The molecule has 0 saturated heterocycles. The molecule has 8 heteroatoms. The number of rotatable bonds is 5. The molecule has 2 heterocycles. The largest absolute Gasteiger partial charge is 0.492 e. The quantitative estimate of drug-likeness (QED) is 0.890. The van der Waals surface area contributed by atoms with Gasteiger partial charge in [-0.3, -0.25) is 4.72 Å². The molecule has 0 radical (unpaired) electrons. The van der Waals surface area contributed by atoms with Crippen molar-refractivity contribution in [3.05, 3.63) is 29.2 Å². The summed E-state index contributed by atoms with van der Waals surface area (Å²) in [6.45, 7) is 7.38. The minimum Gasteiger partial charge on any atom is -0.492 e. The number of hydrogen-bond acceptors (Lipinski definition) is 6. The summed E-state index contributed by atoms with van der Waals surface area (Å²) in [6, 6.07) is 3.49. The predicted molar refractivity (Wildman–Crippen MR) is 88.2 cm³/mol. The second-order valence-corrected chi connectivity index (χ2v) is 7.40. The molecule has 1 aromatic carbocycles. The van der Waals surface area contributed by atoms with E-state index >= 15 is 0 Å². The van der Waals surface area contributed by atoms with E-state index in [9.17, 15) is 8.42 Å². The normalized spacial score (nSPS) is 16.6. The van der Waals surface area contributed by atoms with Crippen LogP contribution in [0.15, 0.2) is 21.6 Å². The third-order valence-electron chi connectivity index (χ3n) is 3.78. The van der Waals surface area contributed by atoms with Gasteiger partial charge in [0, 0.05) is 18.1 Å². The van der Waals surface area contributed by atoms with Gasteiger partial charge in [0.1, 0.15) is 23.3 Å². The molecule has 0 spiro atoms. The highest BCUT2D eigenvalue weighted by molar-refractivity contribution is 7.92. The zero-order chi connectivity index (χ0) is 17.5. The van der Waals surface area contributed by atoms with Crippen molar-refractivity contribution in [1.29, 1.82) is 0 Å². The molecule has 1 aliphatic heterocycles. The molecule has 0 bridgehead atoms. The van der Waals surface area contributed by atoms with Gasteiger partial charge in [0.15, 0.2) is 10.7 Å². The van der Waals surface area contributed by atoms with Crippen LogP contribution in [0, 0.1) is 13.8 Å². The summed E-state index contributed by atoms with van der Waals surface area (Å²) < 4.78 is 44.3. The van der Waals surface area contributed by atoms with Gasteiger partial charge in [0.05, 0.1) is 12.3 Å². The molecule has 0 saturated carbocycles. The van der Waals surface area contributed by atoms with Gasteiger partial charge in [-0.25, -0.2) is 8.42 Å². The van der Waals surface area contributed by atoms with Crippen LogP contribution in [0.5, 0.6) is 11.5 Å². The fraction of sp³-hybridized carbons (Fsp3) is 0.438. The molecular formula is C16H20N2O5S. The highest BCUT2D eigenvalue weighted by Gasteiger charge is 2.27. The van der Waals surface area contributed by atoms with Crippen molar-refractivity contribution >= 4 is 15.7 Å². The summed E-state index contributed by atoms with van der Waals surface area (Å²) in [7, 11) is -3.84. The number of nitrogens with zero attached hydrogens (tertiary/aromatic N) is 1. The maximum Gasteiger partial charge on any atom is 0.267 e. The Balaban J connectivity index is 2.02. The highest BCUT2D eigenvalue weighted by Crippen LogP contribution is 2.39. The van der Waals surface area contributed by atoms with Crippen LogP contribution in [0.2, 0.25) is 0 Å². The lowest BCUT2D eigenvalue weighted by atomic mass is 10.1. The fourth-order valence-electron chi connectivity index (χ4n) is 2.85. The van der Waals surface area contributed by atoms with Crippen molar-refractivity contribution in [2.75, 3.05) is 11.3 Å². The number of aryl methyl sites for hydroxylation is 2. The first-order chi connectivity index (χ1) is 11.3. The Hall–Kier alpha value is -2.22. The molecule has 1 atom stereocenters. The van der Waals surface area contributed by atoms with Crippen molar-refractivity contribution in [1.82, 2.24) is 5.16 Å². The molecule has 0 aliphatic carbocycles. The van der Waals surface area contributed by atoms with Crippen LogP contribution in [0.1, 0.15) is 30.9 Å². The van der Waals surface area contributed by atoms with E-state index in [1.807, 2.05) is 19.9 Å². The smallest absolute Gasteiger partial charge is 0.267 e. The predicted octanol–water partition coefficient (Wildman–Crippen LogP) is 2.81. The second-order valence-electron chi connectivity index (χ2n) is 5.78. The number of fused-ring (bicyclic) bond motifs is 1. The number of hydrogen-bond donors (Lipinski definition) is 1. The van der Waals surface area contributed by atoms with E-state index in [2.05, 4.69) is 9.88 Å². The Morgan fingerprint density at radius 2 is 2.12 bits per heavy atom. The summed E-state index contributed by atoms with van der Waals surface area (Å²) in [5, 5.41) is 3.70. The Labute approximate surface area is 141 Å². The molecule has 1 aromatic heterocycles. The Morgan fingerprint density at radius 1 is 1.38 bits per heavy atom. The lowest BCUT2D eigenvalue weighted by Crippen LogP contribution is -2.15. The van der Waals surface area contributed by atoms with Crippen molar-refractivity contribution in [3.8, 4) is 11.5 Å². The summed E-state index contributed by atoms with van der Waals surface area (Å²) in [5.74, 6) is 1.38. The molecule has 24 heavy (non-hydrogen) atoms. The number of ether oxygens (including phenoxy) is 2. The molecular weight excluding hydrogens is 332 g/mol. The molecule has 130 valence electrons. The van der Waals surface area contributed by atoms with Crippen LogP contribution < -0.4 is 14.2 Å². The maximum atomic E-state index is 12.7. The summed E-state index contributed by atoms with van der Waals surface area (Å²) in [6.07, 6.45) is 0.829. The van der Waals surface area contributed by atoms with Crippen LogP contribution in [0.4, 0.5) is 5.69 Å². The van der Waals surface area contributed by atoms with E-state index in [0.717, 1.165) is 12.0 Å². The van der Waals surface area contributed by atoms with Gasteiger partial charge in [-0.15, -0.1) is 0 Å². The van der Waals surface area contributed by atoms with Crippen LogP contribution in [-0.4, -0.2) is 26.3 Å². The van der Waals surface area contributed by atoms with Gasteiger partial charge in [-0.1, -0.05) is 5.16 Å². The number of benzene rings is 1. The monoisotopic (exact) mass is 352 g/mol. The number of aromatic nitrogens is 1. The Bertz CT molecular complexity index is 853. The first-order valence-electron chi connectivity index (χ1n) is 7.74. The van der Waals surface area contributed by atoms with Gasteiger partial charge in [0.25, 0.3) is 10.0 Å². The van der Waals surface area contributed by atoms with Crippen LogP contribution >= 0.6 is 0 Å². The summed E-state index contributed by atoms with van der Waals surface area (Å²) >= 11 is 0. The van der Waals surface area contributed by atoms with Gasteiger partial charge < -0.3 is 14.0 Å². The Morgan fingerprint density at radius 3 is 2.75 bits per heavy atom. The average Bonchev–Trinajstić information content (AvgIpc) is 3.00. The van der Waals surface area contributed by atoms with Gasteiger partial charge in [0.2, 0.25) is 0 Å². The lowest BCUT2D eigenvalue weighted by molar-refractivity contribution is 0.254. The van der Waals surface area contributed by atoms with E-state index in [1.165, 1.54) is 0 Å². The van der Waals surface area contributed by atoms with Gasteiger partial charge >= 0.3 is 0 Å². The van der Waals surface area contributed by atoms with Crippen LogP contribution in [-0.2, 0) is 16.4 Å². The van der Waals surface area contributed by atoms with E-state index in [0.29, 0.717) is 29.5 Å². The average molecular weight is 352 g/mol. The molecule has 1 aliphatic rings. The number of anilines is 1. The van der Waals surface area contributed by atoms with Crippen LogP contribution in [0.25, 0.3) is 0 Å². The van der Waals surface area contributed by atoms with E-state index < -0.39 is 10.0 Å². The lowest BCUT2D eigenvalue weighted by Gasteiger charge is -2.14. The van der Waals surface area contributed by atoms with Crippen molar-refractivity contribution < 1.29 is 22.4 Å². The number of nitrogens with one attached hydrogen (secondary N) is 1. The number of sulfonamides is 1. The SMILES string of the molecule is CCOc1cc2c(cc1NS(=O)(=O)c1c(C)noc1C)O[C@@H](C)C2. The standard InChI is InChI=1S/C16H20N2O5S/c1-5-21-15-7-12-6-9(2)22-14(12)8-13(15)18-24(19,20)16-10(3)17-23-11(16)4/h7-9,18H,5-6H2,1-4H3/t9-/m0/s1. The van der Waals surface area contributed by atoms with E-state index in [1.54, 1.807) is 19.9 Å². The van der Waals surface area contributed by atoms with Gasteiger partial charge in [-0.2, -0.15) is 0 Å². The molecule has 7 nitrogen and oxygen atoms in total. The molecule has 0 unspecified atom stereocenters. The maximum absolute atomic E-state index is 12.7. The first kappa shape index (κ1) is 16.6. The Kier molecular flexibility index (Phi) is 4.16. The van der Waals surface area contributed by atoms with Crippen molar-refractivity contribution in [3.63, 3.8) is 0 Å². The van der Waals surface area contributed by atoms with E-state index in [-0.39, 0.29) is 16.8 Å². The zero-order valence-corrected chi connectivity index (χ0v) is 14.9. The minimum atomic E-state index is -3.84. The molecule has 0 amide bonds. The van der Waals surface area contributed by atoms with Crippen molar-refractivity contribution in [2.24, 2.45) is 0 Å². The molecule has 1 N–H and O–H groups in total. The van der Waals surface area contributed by atoms with Crippen LogP contribution in [0.3, 0.4) is 0 Å². The summed E-state index contributed by atoms with van der Waals surface area (Å²) in [4.78, 5) is 0.0414. The third-order valence-corrected chi connectivity index (χ3v) is 5.39. The minimum absolute atomic E-state index is 0.0414. The summed E-state index contributed by atoms with van der Waals surface area (Å²) in [5.41, 5.74) is 1.65. The van der Waals surface area contributed by atoms with Crippen molar-refractivity contribution in [2.45, 2.75) is 45.1 Å². The third kappa shape index (κ3) is 2.93. The molecule has 3 rings (SSSR count). The fourth-order valence-corrected chi connectivity index (χ4v) is 4.24. The zero-order valence-electron chi connectivity index (χ0n) is 14.0. The molecule has 0 fully saturated rings. The first-order valence-corrected chi connectivity index (χ1v) is 9.22. The molecule has 2 aromatic rings. The van der Waals surface area contributed by atoms with Gasteiger partial charge in [-0.05, 0) is 33.8 Å². The second kappa shape index (κ2) is 6.01. The highest BCUT2D eigenvalue weighted by atomic mass is 32.2.